The minimum atomic E-state index is -0.570. The first-order valence-electron chi connectivity index (χ1n) is 8.37. The van der Waals surface area contributed by atoms with Crippen LogP contribution in [-0.2, 0) is 17.6 Å². The van der Waals surface area contributed by atoms with Crippen molar-refractivity contribution in [2.45, 2.75) is 26.2 Å². The molecule has 0 radical (unpaired) electrons. The van der Waals surface area contributed by atoms with E-state index in [9.17, 15) is 9.59 Å². The number of thiophene rings is 1. The normalized spacial score (nSPS) is 12.9. The van der Waals surface area contributed by atoms with E-state index in [4.69, 9.17) is 27.9 Å². The van der Waals surface area contributed by atoms with E-state index < -0.39 is 12.0 Å². The predicted molar refractivity (Wildman–Crippen MR) is 109 cm³/mol. The number of halogens is 2. The molecule has 0 saturated heterocycles. The number of amides is 2. The number of hydrazone groups is 1. The lowest BCUT2D eigenvalue weighted by Crippen LogP contribution is -2.25. The Kier molecular flexibility index (Phi) is 6.36. The van der Waals surface area contributed by atoms with E-state index in [2.05, 4.69) is 15.8 Å². The number of nitrogens with one attached hydrogen (secondary N) is 2. The first-order valence-corrected chi connectivity index (χ1v) is 9.94. The molecule has 6 nitrogen and oxygen atoms in total. The molecule has 0 saturated carbocycles. The van der Waals surface area contributed by atoms with Crippen molar-refractivity contribution in [2.75, 3.05) is 11.9 Å². The average molecular weight is 426 g/mol. The van der Waals surface area contributed by atoms with Gasteiger partial charge in [0.05, 0.1) is 28.4 Å². The summed E-state index contributed by atoms with van der Waals surface area (Å²) in [6.45, 7) is 2.02. The summed E-state index contributed by atoms with van der Waals surface area (Å²) in [5.41, 5.74) is 4.28. The standard InChI is InChI=1S/C18H17Cl2N3O3S/c1-2-26-17(24)15-10-5-3-8-14(10)27-16(15)22-18(25)23-21-9-11-12(19)6-4-7-13(11)20/h4,6-7,9H,2-3,5,8H2,1H3,(H2,22,23,25)/b21-9+. The van der Waals surface area contributed by atoms with Gasteiger partial charge in [-0.2, -0.15) is 5.10 Å². The number of ether oxygens (including phenoxy) is 1. The summed E-state index contributed by atoms with van der Waals surface area (Å²) < 4.78 is 5.14. The molecule has 2 aromatic rings. The maximum Gasteiger partial charge on any atom is 0.341 e. The van der Waals surface area contributed by atoms with Gasteiger partial charge in [0, 0.05) is 10.4 Å². The molecule has 0 atom stereocenters. The van der Waals surface area contributed by atoms with Crippen LogP contribution < -0.4 is 10.7 Å². The maximum absolute atomic E-state index is 12.3. The summed E-state index contributed by atoms with van der Waals surface area (Å²) in [5.74, 6) is -0.418. The topological polar surface area (TPSA) is 79.8 Å². The van der Waals surface area contributed by atoms with Gasteiger partial charge in [-0.1, -0.05) is 29.3 Å². The highest BCUT2D eigenvalue weighted by molar-refractivity contribution is 7.17. The Morgan fingerprint density at radius 3 is 2.74 bits per heavy atom. The van der Waals surface area contributed by atoms with E-state index in [1.165, 1.54) is 17.6 Å². The van der Waals surface area contributed by atoms with Crippen molar-refractivity contribution in [2.24, 2.45) is 5.10 Å². The van der Waals surface area contributed by atoms with Crippen LogP contribution in [0.1, 0.15) is 39.7 Å². The van der Waals surface area contributed by atoms with Gasteiger partial charge in [-0.05, 0) is 43.9 Å². The molecular weight excluding hydrogens is 409 g/mol. The van der Waals surface area contributed by atoms with Crippen molar-refractivity contribution in [3.63, 3.8) is 0 Å². The monoisotopic (exact) mass is 425 g/mol. The summed E-state index contributed by atoms with van der Waals surface area (Å²) in [4.78, 5) is 25.6. The molecule has 1 aromatic carbocycles. The van der Waals surface area contributed by atoms with Gasteiger partial charge < -0.3 is 4.74 Å². The van der Waals surface area contributed by atoms with Crippen LogP contribution in [0.2, 0.25) is 10.0 Å². The lowest BCUT2D eigenvalue weighted by atomic mass is 10.1. The summed E-state index contributed by atoms with van der Waals surface area (Å²) in [7, 11) is 0. The SMILES string of the molecule is CCOC(=O)c1c(NC(=O)N/N=C/c2c(Cl)cccc2Cl)sc2c1CCC2. The number of urea groups is 1. The zero-order valence-electron chi connectivity index (χ0n) is 14.5. The van der Waals surface area contributed by atoms with E-state index in [0.29, 0.717) is 26.2 Å². The van der Waals surface area contributed by atoms with Gasteiger partial charge in [0.2, 0.25) is 0 Å². The Morgan fingerprint density at radius 1 is 1.30 bits per heavy atom. The van der Waals surface area contributed by atoms with Gasteiger partial charge in [0.1, 0.15) is 5.00 Å². The quantitative estimate of drug-likeness (QED) is 0.407. The molecule has 9 heteroatoms. The number of carbonyl (C=O) groups excluding carboxylic acids is 2. The number of carbonyl (C=O) groups is 2. The van der Waals surface area contributed by atoms with E-state index in [-0.39, 0.29) is 6.61 Å². The molecule has 2 N–H and O–H groups in total. The second-order valence-corrected chi connectivity index (χ2v) is 7.66. The number of hydrogen-bond acceptors (Lipinski definition) is 5. The van der Waals surface area contributed by atoms with Crippen LogP contribution in [0, 0.1) is 0 Å². The van der Waals surface area contributed by atoms with Crippen molar-refractivity contribution in [3.05, 3.63) is 49.8 Å². The highest BCUT2D eigenvalue weighted by Crippen LogP contribution is 2.39. The molecular formula is C18H17Cl2N3O3S. The van der Waals surface area contributed by atoms with Gasteiger partial charge in [-0.15, -0.1) is 11.3 Å². The van der Waals surface area contributed by atoms with E-state index in [1.54, 1.807) is 25.1 Å². The fourth-order valence-corrected chi connectivity index (χ4v) is 4.60. The fourth-order valence-electron chi connectivity index (χ4n) is 2.83. The molecule has 0 aliphatic heterocycles. The van der Waals surface area contributed by atoms with Crippen molar-refractivity contribution in [1.82, 2.24) is 5.43 Å². The average Bonchev–Trinajstić information content (AvgIpc) is 3.18. The zero-order valence-corrected chi connectivity index (χ0v) is 16.8. The number of nitrogens with zero attached hydrogens (tertiary/aromatic N) is 1. The molecule has 3 rings (SSSR count). The van der Waals surface area contributed by atoms with Crippen molar-refractivity contribution >= 4 is 57.8 Å². The molecule has 0 unspecified atom stereocenters. The number of anilines is 1. The third-order valence-electron chi connectivity index (χ3n) is 3.99. The number of benzene rings is 1. The Bertz CT molecular complexity index is 891. The molecule has 1 aliphatic rings. The largest absolute Gasteiger partial charge is 0.462 e. The summed E-state index contributed by atoms with van der Waals surface area (Å²) in [6.07, 6.45) is 4.08. The minimum absolute atomic E-state index is 0.276. The van der Waals surface area contributed by atoms with Crippen LogP contribution in [0.15, 0.2) is 23.3 Å². The first kappa shape index (κ1) is 19.7. The number of hydrogen-bond donors (Lipinski definition) is 2. The molecule has 1 aromatic heterocycles. The van der Waals surface area contributed by atoms with Crippen LogP contribution in [0.5, 0.6) is 0 Å². The molecule has 1 aliphatic carbocycles. The fraction of sp³-hybridized carbons (Fsp3) is 0.278. The van der Waals surface area contributed by atoms with Gasteiger partial charge >= 0.3 is 12.0 Å². The molecule has 1 heterocycles. The number of fused-ring (bicyclic) bond motifs is 1. The van der Waals surface area contributed by atoms with Crippen LogP contribution >= 0.6 is 34.5 Å². The Hall–Kier alpha value is -2.09. The molecule has 2 amide bonds. The van der Waals surface area contributed by atoms with Gasteiger partial charge in [0.25, 0.3) is 0 Å². The van der Waals surface area contributed by atoms with Crippen molar-refractivity contribution in [1.29, 1.82) is 0 Å². The number of rotatable bonds is 5. The van der Waals surface area contributed by atoms with Crippen LogP contribution in [0.25, 0.3) is 0 Å². The second kappa shape index (κ2) is 8.73. The lowest BCUT2D eigenvalue weighted by Gasteiger charge is -2.07. The van der Waals surface area contributed by atoms with Gasteiger partial charge in [-0.25, -0.2) is 15.0 Å². The maximum atomic E-state index is 12.3. The molecule has 142 valence electrons. The third kappa shape index (κ3) is 4.43. The highest BCUT2D eigenvalue weighted by atomic mass is 35.5. The summed E-state index contributed by atoms with van der Waals surface area (Å²) in [6, 6.07) is 4.50. The highest BCUT2D eigenvalue weighted by Gasteiger charge is 2.28. The van der Waals surface area contributed by atoms with Crippen LogP contribution in [-0.4, -0.2) is 24.8 Å². The van der Waals surface area contributed by atoms with E-state index >= 15 is 0 Å². The zero-order chi connectivity index (χ0) is 19.4. The van der Waals surface area contributed by atoms with Gasteiger partial charge in [0.15, 0.2) is 0 Å². The summed E-state index contributed by atoms with van der Waals surface area (Å²) in [5, 5.41) is 7.87. The smallest absolute Gasteiger partial charge is 0.341 e. The third-order valence-corrected chi connectivity index (χ3v) is 5.85. The summed E-state index contributed by atoms with van der Waals surface area (Å²) >= 11 is 13.5. The van der Waals surface area contributed by atoms with E-state index in [0.717, 1.165) is 29.7 Å². The molecule has 0 spiro atoms. The first-order chi connectivity index (χ1) is 13.0. The van der Waals surface area contributed by atoms with Crippen LogP contribution in [0.3, 0.4) is 0 Å². The minimum Gasteiger partial charge on any atom is -0.462 e. The number of aryl methyl sites for hydroxylation is 1. The van der Waals surface area contributed by atoms with E-state index in [1.807, 2.05) is 0 Å². The molecule has 0 bridgehead atoms. The van der Waals surface area contributed by atoms with Gasteiger partial charge in [-0.3, -0.25) is 5.32 Å². The predicted octanol–water partition coefficient (Wildman–Crippen LogP) is 4.88. The van der Waals surface area contributed by atoms with Crippen molar-refractivity contribution < 1.29 is 14.3 Å². The lowest BCUT2D eigenvalue weighted by molar-refractivity contribution is 0.0527. The Morgan fingerprint density at radius 2 is 2.04 bits per heavy atom. The molecule has 27 heavy (non-hydrogen) atoms. The van der Waals surface area contributed by atoms with Crippen LogP contribution in [0.4, 0.5) is 9.80 Å². The second-order valence-electron chi connectivity index (χ2n) is 5.74. The number of esters is 1. The molecule has 0 fully saturated rings. The Balaban J connectivity index is 1.71. The van der Waals surface area contributed by atoms with Crippen molar-refractivity contribution in [3.8, 4) is 0 Å². The Labute approximate surface area is 170 Å².